The van der Waals surface area contributed by atoms with E-state index in [4.69, 9.17) is 4.42 Å². The van der Waals surface area contributed by atoms with Crippen molar-refractivity contribution in [2.75, 3.05) is 4.90 Å². The van der Waals surface area contributed by atoms with Crippen molar-refractivity contribution in [3.8, 4) is 11.4 Å². The fourth-order valence-corrected chi connectivity index (χ4v) is 8.21. The first-order valence-corrected chi connectivity index (χ1v) is 17.7. The van der Waals surface area contributed by atoms with Gasteiger partial charge in [-0.2, -0.15) is 0 Å². The maximum atomic E-state index is 6.42. The Labute approximate surface area is 299 Å². The van der Waals surface area contributed by atoms with Gasteiger partial charge in [-0.25, -0.2) is 0 Å². The Bertz CT molecular complexity index is 3080. The maximum Gasteiger partial charge on any atom is 0.137 e. The molecule has 0 aliphatic heterocycles. The van der Waals surface area contributed by atoms with E-state index < -0.39 is 0 Å². The highest BCUT2D eigenvalue weighted by Gasteiger charge is 2.20. The molecule has 3 heterocycles. The Morgan fingerprint density at radius 3 is 1.40 bits per heavy atom. The summed E-state index contributed by atoms with van der Waals surface area (Å²) in [6.07, 6.45) is 0. The van der Waals surface area contributed by atoms with Crippen molar-refractivity contribution >= 4 is 82.6 Å². The number of fused-ring (bicyclic) bond motifs is 9. The van der Waals surface area contributed by atoms with E-state index in [1.54, 1.807) is 0 Å². The monoisotopic (exact) mass is 665 g/mol. The molecule has 0 amide bonds. The smallest absolute Gasteiger partial charge is 0.137 e. The zero-order chi connectivity index (χ0) is 34.2. The highest BCUT2D eigenvalue weighted by Crippen LogP contribution is 2.42. The van der Waals surface area contributed by atoms with Crippen LogP contribution in [0.2, 0.25) is 0 Å². The van der Waals surface area contributed by atoms with E-state index in [1.165, 1.54) is 38.1 Å². The molecular weight excluding hydrogens is 635 g/mol. The first-order chi connectivity index (χ1) is 25.8. The van der Waals surface area contributed by atoms with Crippen molar-refractivity contribution in [1.82, 2.24) is 9.13 Å². The maximum absolute atomic E-state index is 6.42. The largest absolute Gasteiger partial charge is 0.456 e. The summed E-state index contributed by atoms with van der Waals surface area (Å²) in [6.45, 7) is 0. The normalized spacial score (nSPS) is 11.8. The number of benzene rings is 8. The molecule has 11 aromatic rings. The van der Waals surface area contributed by atoms with Crippen LogP contribution in [0, 0.1) is 0 Å². The van der Waals surface area contributed by atoms with Crippen molar-refractivity contribution in [1.29, 1.82) is 0 Å². The first kappa shape index (κ1) is 28.8. The molecular formula is C48H31N3O. The summed E-state index contributed by atoms with van der Waals surface area (Å²) in [4.78, 5) is 2.34. The Morgan fingerprint density at radius 2 is 0.750 bits per heavy atom. The van der Waals surface area contributed by atoms with Gasteiger partial charge in [0.15, 0.2) is 0 Å². The van der Waals surface area contributed by atoms with Gasteiger partial charge in [0.1, 0.15) is 11.2 Å². The van der Waals surface area contributed by atoms with Gasteiger partial charge in [0.05, 0.1) is 22.1 Å². The molecule has 4 nitrogen and oxygen atoms in total. The van der Waals surface area contributed by atoms with Crippen molar-refractivity contribution in [3.05, 3.63) is 188 Å². The second-order valence-corrected chi connectivity index (χ2v) is 13.4. The quantitative estimate of drug-likeness (QED) is 0.183. The minimum absolute atomic E-state index is 0.866. The summed E-state index contributed by atoms with van der Waals surface area (Å²) < 4.78 is 11.2. The molecule has 8 aromatic carbocycles. The van der Waals surface area contributed by atoms with Crippen molar-refractivity contribution in [2.24, 2.45) is 0 Å². The van der Waals surface area contributed by atoms with Crippen LogP contribution in [0.15, 0.2) is 192 Å². The van der Waals surface area contributed by atoms with Gasteiger partial charge in [0.2, 0.25) is 0 Å². The molecule has 0 fully saturated rings. The molecule has 4 heteroatoms. The van der Waals surface area contributed by atoms with Gasteiger partial charge < -0.3 is 18.5 Å². The fraction of sp³-hybridized carbons (Fsp3) is 0. The summed E-state index contributed by atoms with van der Waals surface area (Å²) in [5, 5.41) is 7.20. The van der Waals surface area contributed by atoms with Crippen LogP contribution >= 0.6 is 0 Å². The van der Waals surface area contributed by atoms with Crippen LogP contribution in [0.25, 0.3) is 76.9 Å². The Hall–Kier alpha value is -7.04. The Balaban J connectivity index is 1.13. The van der Waals surface area contributed by atoms with Crippen LogP contribution in [-0.2, 0) is 0 Å². The third-order valence-corrected chi connectivity index (χ3v) is 10.5. The van der Waals surface area contributed by atoms with Gasteiger partial charge in [0.25, 0.3) is 0 Å². The zero-order valence-electron chi connectivity index (χ0n) is 28.1. The van der Waals surface area contributed by atoms with Crippen molar-refractivity contribution in [3.63, 3.8) is 0 Å². The molecule has 0 bridgehead atoms. The van der Waals surface area contributed by atoms with Gasteiger partial charge >= 0.3 is 0 Å². The van der Waals surface area contributed by atoms with Crippen LogP contribution in [0.1, 0.15) is 0 Å². The van der Waals surface area contributed by atoms with Gasteiger partial charge in [-0.3, -0.25) is 0 Å². The van der Waals surface area contributed by atoms with E-state index in [-0.39, 0.29) is 0 Å². The van der Waals surface area contributed by atoms with Gasteiger partial charge in [-0.15, -0.1) is 0 Å². The third kappa shape index (κ3) is 4.28. The average molecular weight is 666 g/mol. The van der Waals surface area contributed by atoms with Gasteiger partial charge in [-0.05, 0) is 84.9 Å². The molecule has 0 radical (unpaired) electrons. The lowest BCUT2D eigenvalue weighted by Crippen LogP contribution is -2.10. The molecule has 0 unspecified atom stereocenters. The minimum atomic E-state index is 0.866. The Morgan fingerprint density at radius 1 is 0.308 bits per heavy atom. The van der Waals surface area contributed by atoms with Crippen LogP contribution in [-0.4, -0.2) is 9.13 Å². The van der Waals surface area contributed by atoms with Crippen LogP contribution < -0.4 is 4.90 Å². The SMILES string of the molecule is c1ccc(-n2c3ccccc3c3ccc(N(c4ccc(-n5c6ccccc6c6ccccc65)cc4)c4ccc5c(c4)oc4ccccc45)cc32)cc1. The first-order valence-electron chi connectivity index (χ1n) is 17.7. The number of nitrogens with zero attached hydrogens (tertiary/aromatic N) is 3. The number of anilines is 3. The topological polar surface area (TPSA) is 26.2 Å². The third-order valence-electron chi connectivity index (χ3n) is 10.5. The molecule has 0 N–H and O–H groups in total. The average Bonchev–Trinajstić information content (AvgIpc) is 3.86. The molecule has 244 valence electrons. The number of aromatic nitrogens is 2. The van der Waals surface area contributed by atoms with Crippen molar-refractivity contribution in [2.45, 2.75) is 0 Å². The van der Waals surface area contributed by atoms with Crippen LogP contribution in [0.3, 0.4) is 0 Å². The summed E-state index contributed by atoms with van der Waals surface area (Å²) in [7, 11) is 0. The lowest BCUT2D eigenvalue weighted by atomic mass is 10.1. The molecule has 52 heavy (non-hydrogen) atoms. The lowest BCUT2D eigenvalue weighted by Gasteiger charge is -2.26. The minimum Gasteiger partial charge on any atom is -0.456 e. The van der Waals surface area contributed by atoms with Crippen LogP contribution in [0.4, 0.5) is 17.1 Å². The molecule has 11 rings (SSSR count). The van der Waals surface area contributed by atoms with E-state index in [0.29, 0.717) is 0 Å². The van der Waals surface area contributed by atoms with E-state index in [2.05, 4.69) is 190 Å². The van der Waals surface area contributed by atoms with E-state index in [1.807, 2.05) is 12.1 Å². The van der Waals surface area contributed by atoms with E-state index >= 15 is 0 Å². The number of para-hydroxylation sites is 5. The molecule has 0 aliphatic carbocycles. The highest BCUT2D eigenvalue weighted by molar-refractivity contribution is 6.11. The summed E-state index contributed by atoms with van der Waals surface area (Å²) in [5.74, 6) is 0. The molecule has 3 aromatic heterocycles. The second-order valence-electron chi connectivity index (χ2n) is 13.4. The summed E-state index contributed by atoms with van der Waals surface area (Å²) in [6, 6.07) is 67.2. The van der Waals surface area contributed by atoms with Gasteiger partial charge in [0, 0.05) is 66.8 Å². The lowest BCUT2D eigenvalue weighted by molar-refractivity contribution is 0.669. The molecule has 0 spiro atoms. The second kappa shape index (κ2) is 11.2. The molecule has 0 saturated heterocycles. The van der Waals surface area contributed by atoms with Crippen LogP contribution in [0.5, 0.6) is 0 Å². The molecule has 0 aliphatic rings. The van der Waals surface area contributed by atoms with Gasteiger partial charge in [-0.1, -0.05) is 97.1 Å². The van der Waals surface area contributed by atoms with E-state index in [0.717, 1.165) is 55.9 Å². The number of hydrogen-bond acceptors (Lipinski definition) is 2. The number of rotatable bonds is 5. The predicted molar refractivity (Wildman–Crippen MR) is 217 cm³/mol. The predicted octanol–water partition coefficient (Wildman–Crippen LogP) is 13.2. The summed E-state index contributed by atoms with van der Waals surface area (Å²) >= 11 is 0. The zero-order valence-corrected chi connectivity index (χ0v) is 28.1. The molecule has 0 atom stereocenters. The Kier molecular flexibility index (Phi) is 6.22. The summed E-state index contributed by atoms with van der Waals surface area (Å²) in [5.41, 5.74) is 11.9. The number of hydrogen-bond donors (Lipinski definition) is 0. The standard InChI is InChI=1S/C48H31N3O/c1-2-12-32(13-3-1)51-45-20-10-6-16-39(45)40-28-26-35(30-46(40)51)49(36-27-29-42-41-17-7-11-21-47(41)52-48(42)31-36)33-22-24-34(25-23-33)50-43-18-8-4-14-37(43)38-15-5-9-19-44(38)50/h1-31H. The highest BCUT2D eigenvalue weighted by atomic mass is 16.3. The number of furan rings is 1. The molecule has 0 saturated carbocycles. The van der Waals surface area contributed by atoms with Crippen molar-refractivity contribution < 1.29 is 4.42 Å². The fourth-order valence-electron chi connectivity index (χ4n) is 8.21. The van der Waals surface area contributed by atoms with E-state index in [9.17, 15) is 0 Å².